The van der Waals surface area contributed by atoms with Crippen LogP contribution >= 0.6 is 0 Å². The van der Waals surface area contributed by atoms with Crippen LogP contribution in [0.3, 0.4) is 0 Å². The fourth-order valence-electron chi connectivity index (χ4n) is 3.59. The van der Waals surface area contributed by atoms with Gasteiger partial charge in [0, 0.05) is 30.7 Å². The van der Waals surface area contributed by atoms with E-state index in [9.17, 15) is 14.0 Å². The number of aromatic nitrogens is 2. The molecule has 30 heavy (non-hydrogen) atoms. The van der Waals surface area contributed by atoms with E-state index in [2.05, 4.69) is 9.97 Å². The van der Waals surface area contributed by atoms with Crippen LogP contribution in [0, 0.1) is 23.0 Å². The third-order valence-corrected chi connectivity index (χ3v) is 5.07. The first-order chi connectivity index (χ1) is 14.7. The van der Waals surface area contributed by atoms with Gasteiger partial charge in [-0.25, -0.2) is 8.78 Å². The van der Waals surface area contributed by atoms with Crippen LogP contribution in [0.4, 0.5) is 8.78 Å². The molecule has 4 rings (SSSR count). The third-order valence-electron chi connectivity index (χ3n) is 5.07. The second kappa shape index (κ2) is 8.62. The van der Waals surface area contributed by atoms with Crippen LogP contribution in [0.25, 0.3) is 11.1 Å². The summed E-state index contributed by atoms with van der Waals surface area (Å²) in [6.07, 6.45) is 7.62. The highest BCUT2D eigenvalue weighted by Gasteiger charge is 2.19. The lowest BCUT2D eigenvalue weighted by molar-refractivity contribution is 0.624. The number of nitriles is 1. The Kier molecular flexibility index (Phi) is 5.58. The first kappa shape index (κ1) is 19.4. The minimum Gasteiger partial charge on any atom is -0.264 e. The molecule has 2 aromatic carbocycles. The lowest BCUT2D eigenvalue weighted by atomic mass is 9.85. The summed E-state index contributed by atoms with van der Waals surface area (Å²) in [4.78, 5) is 8.48. The summed E-state index contributed by atoms with van der Waals surface area (Å²) in [6.45, 7) is 0. The van der Waals surface area contributed by atoms with Crippen molar-refractivity contribution in [3.8, 4) is 17.2 Å². The van der Waals surface area contributed by atoms with Crippen molar-refractivity contribution in [3.63, 3.8) is 0 Å². The Morgan fingerprint density at radius 1 is 0.867 bits per heavy atom. The number of nitrogens with zero attached hydrogens (tertiary/aromatic N) is 3. The van der Waals surface area contributed by atoms with E-state index in [0.717, 1.165) is 16.7 Å². The monoisotopic (exact) mass is 397 g/mol. The zero-order valence-corrected chi connectivity index (χ0v) is 16.0. The Bertz CT molecular complexity index is 1160. The van der Waals surface area contributed by atoms with Crippen molar-refractivity contribution in [2.45, 2.75) is 12.3 Å². The van der Waals surface area contributed by atoms with Gasteiger partial charge in [0.05, 0.1) is 5.56 Å². The van der Waals surface area contributed by atoms with Gasteiger partial charge in [-0.15, -0.1) is 0 Å². The van der Waals surface area contributed by atoms with E-state index in [0.29, 0.717) is 17.5 Å². The third kappa shape index (κ3) is 4.08. The summed E-state index contributed by atoms with van der Waals surface area (Å²) in [5.41, 5.74) is 4.06. The van der Waals surface area contributed by atoms with Gasteiger partial charge in [-0.2, -0.15) is 5.26 Å². The number of hydrogen-bond acceptors (Lipinski definition) is 3. The molecule has 0 fully saturated rings. The van der Waals surface area contributed by atoms with E-state index >= 15 is 0 Å². The van der Waals surface area contributed by atoms with E-state index < -0.39 is 11.6 Å². The molecular formula is C25H17F2N3. The molecule has 0 bridgehead atoms. The normalized spacial score (nSPS) is 10.7. The molecule has 0 aliphatic rings. The molecule has 5 heteroatoms. The fraction of sp³-hybridized carbons (Fsp3) is 0.0800. The summed E-state index contributed by atoms with van der Waals surface area (Å²) in [7, 11) is 0. The number of hydrogen-bond donors (Lipinski definition) is 0. The molecule has 3 nitrogen and oxygen atoms in total. The molecule has 0 aliphatic heterocycles. The molecule has 0 N–H and O–H groups in total. The van der Waals surface area contributed by atoms with E-state index in [1.165, 1.54) is 24.3 Å². The van der Waals surface area contributed by atoms with Crippen molar-refractivity contribution in [1.82, 2.24) is 9.97 Å². The summed E-state index contributed by atoms with van der Waals surface area (Å²) >= 11 is 0. The van der Waals surface area contributed by atoms with E-state index in [4.69, 9.17) is 0 Å². The number of rotatable bonds is 5. The Labute approximate surface area is 173 Å². The van der Waals surface area contributed by atoms with Crippen LogP contribution in [-0.4, -0.2) is 9.97 Å². The molecule has 0 spiro atoms. The van der Waals surface area contributed by atoms with Gasteiger partial charge >= 0.3 is 0 Å². The van der Waals surface area contributed by atoms with Crippen molar-refractivity contribution >= 4 is 0 Å². The van der Waals surface area contributed by atoms with Gasteiger partial charge in [0.15, 0.2) is 0 Å². The molecule has 0 saturated carbocycles. The maximum atomic E-state index is 14.1. The van der Waals surface area contributed by atoms with E-state index in [-0.39, 0.29) is 11.5 Å². The molecule has 2 heterocycles. The molecule has 146 valence electrons. The molecule has 0 atom stereocenters. The summed E-state index contributed by atoms with van der Waals surface area (Å²) in [6, 6.07) is 18.4. The van der Waals surface area contributed by atoms with Crippen molar-refractivity contribution in [1.29, 1.82) is 5.26 Å². The SMILES string of the molecule is N#Cc1cc(-c2cc(F)ccc2CC(c2cccnc2)c2cccnc2)ccc1F. The van der Waals surface area contributed by atoms with Crippen molar-refractivity contribution in [2.24, 2.45) is 0 Å². The van der Waals surface area contributed by atoms with E-state index in [1.54, 1.807) is 24.5 Å². The average Bonchev–Trinajstić information content (AvgIpc) is 2.80. The molecule has 0 aliphatic carbocycles. The van der Waals surface area contributed by atoms with Crippen LogP contribution in [0.15, 0.2) is 85.5 Å². The molecule has 4 aromatic rings. The quantitative estimate of drug-likeness (QED) is 0.436. The lowest BCUT2D eigenvalue weighted by Crippen LogP contribution is -2.07. The first-order valence-corrected chi connectivity index (χ1v) is 9.44. The zero-order valence-electron chi connectivity index (χ0n) is 16.0. The Balaban J connectivity index is 1.81. The molecule has 0 saturated heterocycles. The zero-order chi connectivity index (χ0) is 20.9. The molecule has 0 unspecified atom stereocenters. The van der Waals surface area contributed by atoms with Gasteiger partial charge in [0.25, 0.3) is 0 Å². The first-order valence-electron chi connectivity index (χ1n) is 9.44. The molecular weight excluding hydrogens is 380 g/mol. The number of pyridine rings is 2. The summed E-state index contributed by atoms with van der Waals surface area (Å²) in [5.74, 6) is -1.04. The predicted octanol–water partition coefficient (Wildman–Crippen LogP) is 5.67. The smallest absolute Gasteiger partial charge is 0.140 e. The minimum absolute atomic E-state index is 0.0486. The van der Waals surface area contributed by atoms with Gasteiger partial charge in [-0.3, -0.25) is 9.97 Å². The maximum Gasteiger partial charge on any atom is 0.140 e. The minimum atomic E-state index is -0.595. The predicted molar refractivity (Wildman–Crippen MR) is 111 cm³/mol. The second-order valence-corrected chi connectivity index (χ2v) is 6.94. The van der Waals surface area contributed by atoms with Crippen molar-refractivity contribution < 1.29 is 8.78 Å². The highest BCUT2D eigenvalue weighted by molar-refractivity contribution is 5.69. The van der Waals surface area contributed by atoms with Gasteiger partial charge < -0.3 is 0 Å². The van der Waals surface area contributed by atoms with Gasteiger partial charge in [-0.1, -0.05) is 24.3 Å². The van der Waals surface area contributed by atoms with Gasteiger partial charge in [-0.05, 0) is 70.6 Å². The van der Waals surface area contributed by atoms with E-state index in [1.807, 2.05) is 42.7 Å². The largest absolute Gasteiger partial charge is 0.264 e. The van der Waals surface area contributed by atoms with Crippen LogP contribution in [0.2, 0.25) is 0 Å². The molecule has 0 radical (unpaired) electrons. The summed E-state index contributed by atoms with van der Waals surface area (Å²) in [5, 5.41) is 9.18. The van der Waals surface area contributed by atoms with Gasteiger partial charge in [0.1, 0.15) is 17.7 Å². The Morgan fingerprint density at radius 3 is 2.17 bits per heavy atom. The fourth-order valence-corrected chi connectivity index (χ4v) is 3.59. The lowest BCUT2D eigenvalue weighted by Gasteiger charge is -2.20. The topological polar surface area (TPSA) is 49.6 Å². The highest BCUT2D eigenvalue weighted by Crippen LogP contribution is 2.33. The van der Waals surface area contributed by atoms with Crippen LogP contribution in [-0.2, 0) is 6.42 Å². The standard InChI is InChI=1S/C25H17F2N3/c26-22-7-5-18(24(13-22)17-6-8-25(27)21(11-17)14-28)12-23(19-3-1-9-29-15-19)20-4-2-10-30-16-20/h1-11,13,15-16,23H,12H2. The van der Waals surface area contributed by atoms with Crippen LogP contribution in [0.5, 0.6) is 0 Å². The molecule has 0 amide bonds. The number of halogens is 2. The second-order valence-electron chi connectivity index (χ2n) is 6.94. The Morgan fingerprint density at radius 2 is 1.57 bits per heavy atom. The summed E-state index contributed by atoms with van der Waals surface area (Å²) < 4.78 is 27.9. The Hall–Kier alpha value is -3.91. The molecule has 2 aromatic heterocycles. The average molecular weight is 397 g/mol. The van der Waals surface area contributed by atoms with Gasteiger partial charge in [0.2, 0.25) is 0 Å². The van der Waals surface area contributed by atoms with Crippen LogP contribution in [0.1, 0.15) is 28.2 Å². The maximum absolute atomic E-state index is 14.1. The number of benzene rings is 2. The van der Waals surface area contributed by atoms with Crippen molar-refractivity contribution in [3.05, 3.63) is 119 Å². The van der Waals surface area contributed by atoms with Crippen LogP contribution < -0.4 is 0 Å². The van der Waals surface area contributed by atoms with Crippen molar-refractivity contribution in [2.75, 3.05) is 0 Å². The highest BCUT2D eigenvalue weighted by atomic mass is 19.1.